The van der Waals surface area contributed by atoms with Crippen LogP contribution < -0.4 is 9.47 Å². The van der Waals surface area contributed by atoms with Crippen molar-refractivity contribution >= 4 is 39.8 Å². The summed E-state index contributed by atoms with van der Waals surface area (Å²) in [6, 6.07) is 15.4. The molecule has 0 saturated carbocycles. The van der Waals surface area contributed by atoms with Gasteiger partial charge in [-0.2, -0.15) is 15.1 Å². The van der Waals surface area contributed by atoms with E-state index in [-0.39, 0.29) is 11.4 Å². The van der Waals surface area contributed by atoms with E-state index in [0.717, 1.165) is 22.6 Å². The number of aliphatic imine (C=N–C) groups is 1. The first-order valence-electron chi connectivity index (χ1n) is 10.9. The molecule has 1 amide bonds. The largest absolute Gasteiger partial charge is 0.490 e. The highest BCUT2D eigenvalue weighted by Gasteiger charge is 2.35. The molecule has 0 fully saturated rings. The summed E-state index contributed by atoms with van der Waals surface area (Å²) in [5, 5.41) is 15.8. The molecule has 33 heavy (non-hydrogen) atoms. The SMILES string of the molecule is CCOc1cc(/C=C2/C(=N)N3N=C(CC(C)C)SC3=NC2=O)ccc1OCc1ccccc1. The molecule has 0 atom stereocenters. The van der Waals surface area contributed by atoms with Crippen LogP contribution in [0, 0.1) is 11.3 Å². The van der Waals surface area contributed by atoms with Gasteiger partial charge in [0.25, 0.3) is 5.91 Å². The average molecular weight is 463 g/mol. The Labute approximate surface area is 197 Å². The molecule has 4 rings (SSSR count). The number of nitrogens with one attached hydrogen (secondary N) is 1. The summed E-state index contributed by atoms with van der Waals surface area (Å²) in [7, 11) is 0. The monoisotopic (exact) mass is 462 g/mol. The highest BCUT2D eigenvalue weighted by Crippen LogP contribution is 2.33. The smallest absolute Gasteiger partial charge is 0.283 e. The summed E-state index contributed by atoms with van der Waals surface area (Å²) in [4.78, 5) is 16.8. The van der Waals surface area contributed by atoms with Gasteiger partial charge in [0.15, 0.2) is 17.3 Å². The predicted molar refractivity (Wildman–Crippen MR) is 133 cm³/mol. The Hall–Kier alpha value is -3.39. The van der Waals surface area contributed by atoms with Gasteiger partial charge in [-0.3, -0.25) is 10.2 Å². The lowest BCUT2D eigenvalue weighted by atomic mass is 10.1. The fraction of sp³-hybridized carbons (Fsp3) is 0.280. The van der Waals surface area contributed by atoms with Crippen molar-refractivity contribution in [3.05, 3.63) is 65.2 Å². The van der Waals surface area contributed by atoms with Crippen LogP contribution in [0.5, 0.6) is 11.5 Å². The Morgan fingerprint density at radius 1 is 1.12 bits per heavy atom. The lowest BCUT2D eigenvalue weighted by Crippen LogP contribution is -2.35. The number of amidine groups is 2. The molecule has 2 heterocycles. The fourth-order valence-electron chi connectivity index (χ4n) is 3.37. The van der Waals surface area contributed by atoms with E-state index in [2.05, 4.69) is 23.9 Å². The van der Waals surface area contributed by atoms with Gasteiger partial charge in [0.2, 0.25) is 5.17 Å². The van der Waals surface area contributed by atoms with E-state index >= 15 is 0 Å². The number of hydrazone groups is 1. The van der Waals surface area contributed by atoms with Gasteiger partial charge in [-0.1, -0.05) is 50.2 Å². The van der Waals surface area contributed by atoms with Crippen LogP contribution in [0.4, 0.5) is 0 Å². The number of hydrogen-bond acceptors (Lipinski definition) is 6. The number of nitrogens with zero attached hydrogens (tertiary/aromatic N) is 3. The zero-order valence-electron chi connectivity index (χ0n) is 18.9. The van der Waals surface area contributed by atoms with Gasteiger partial charge in [0.05, 0.1) is 12.2 Å². The first-order chi connectivity index (χ1) is 15.9. The molecule has 0 saturated heterocycles. The Morgan fingerprint density at radius 2 is 1.91 bits per heavy atom. The molecule has 170 valence electrons. The van der Waals surface area contributed by atoms with Crippen molar-refractivity contribution < 1.29 is 14.3 Å². The van der Waals surface area contributed by atoms with Crippen molar-refractivity contribution in [1.82, 2.24) is 5.01 Å². The van der Waals surface area contributed by atoms with E-state index in [1.54, 1.807) is 6.08 Å². The minimum Gasteiger partial charge on any atom is -0.490 e. The number of amides is 1. The van der Waals surface area contributed by atoms with Gasteiger partial charge < -0.3 is 9.47 Å². The Bertz CT molecular complexity index is 1160. The standard InChI is InChI=1S/C25H26N4O3S/c1-4-31-21-14-18(10-11-20(21)32-15-17-8-6-5-7-9-17)13-19-23(26)29-25(27-24(19)30)33-22(28-29)12-16(2)3/h5-11,13-14,16,26H,4,12,15H2,1-3H3/b19-13-,26-23?. The van der Waals surface area contributed by atoms with Crippen LogP contribution in [-0.2, 0) is 11.4 Å². The van der Waals surface area contributed by atoms with Crippen LogP contribution in [0.2, 0.25) is 0 Å². The molecule has 2 aliphatic rings. The highest BCUT2D eigenvalue weighted by atomic mass is 32.2. The summed E-state index contributed by atoms with van der Waals surface area (Å²) >= 11 is 1.35. The van der Waals surface area contributed by atoms with Crippen molar-refractivity contribution in [3.63, 3.8) is 0 Å². The zero-order chi connectivity index (χ0) is 23.4. The van der Waals surface area contributed by atoms with E-state index in [9.17, 15) is 4.79 Å². The van der Waals surface area contributed by atoms with Crippen molar-refractivity contribution in [2.24, 2.45) is 16.0 Å². The Balaban J connectivity index is 1.56. The minimum absolute atomic E-state index is 0.0265. The van der Waals surface area contributed by atoms with Crippen LogP contribution in [0.3, 0.4) is 0 Å². The maximum atomic E-state index is 12.7. The number of thioether (sulfide) groups is 1. The second kappa shape index (κ2) is 10.0. The molecular formula is C25H26N4O3S. The molecule has 2 aromatic rings. The van der Waals surface area contributed by atoms with Crippen LogP contribution in [0.1, 0.15) is 38.3 Å². The highest BCUT2D eigenvalue weighted by molar-refractivity contribution is 8.26. The summed E-state index contributed by atoms with van der Waals surface area (Å²) < 4.78 is 11.7. The van der Waals surface area contributed by atoms with Crippen LogP contribution in [0.25, 0.3) is 6.08 Å². The van der Waals surface area contributed by atoms with Gasteiger partial charge in [-0.05, 0) is 53.9 Å². The van der Waals surface area contributed by atoms with Gasteiger partial charge in [0.1, 0.15) is 11.7 Å². The molecule has 8 heteroatoms. The number of carbonyl (C=O) groups is 1. The van der Waals surface area contributed by atoms with Crippen LogP contribution in [-0.4, -0.2) is 33.6 Å². The molecule has 0 unspecified atom stereocenters. The van der Waals surface area contributed by atoms with Gasteiger partial charge in [0, 0.05) is 6.42 Å². The molecular weight excluding hydrogens is 436 g/mol. The number of ether oxygens (including phenoxy) is 2. The Kier molecular flexibility index (Phi) is 6.93. The number of fused-ring (bicyclic) bond motifs is 1. The number of benzene rings is 2. The van der Waals surface area contributed by atoms with Gasteiger partial charge in [-0.25, -0.2) is 0 Å². The quantitative estimate of drug-likeness (QED) is 0.536. The van der Waals surface area contributed by atoms with Crippen molar-refractivity contribution in [2.75, 3.05) is 6.61 Å². The normalized spacial score (nSPS) is 16.7. The van der Waals surface area contributed by atoms with Crippen LogP contribution >= 0.6 is 11.8 Å². The molecule has 0 radical (unpaired) electrons. The van der Waals surface area contributed by atoms with E-state index in [1.807, 2.05) is 55.5 Å². The minimum atomic E-state index is -0.442. The van der Waals surface area contributed by atoms with E-state index in [4.69, 9.17) is 14.9 Å². The maximum absolute atomic E-state index is 12.7. The third-order valence-electron chi connectivity index (χ3n) is 4.89. The third kappa shape index (κ3) is 5.34. The molecule has 0 bridgehead atoms. The van der Waals surface area contributed by atoms with Crippen LogP contribution in [0.15, 0.2) is 64.2 Å². The average Bonchev–Trinajstić information content (AvgIpc) is 3.18. The molecule has 7 nitrogen and oxygen atoms in total. The van der Waals surface area contributed by atoms with Crippen molar-refractivity contribution in [3.8, 4) is 11.5 Å². The number of rotatable bonds is 8. The zero-order valence-corrected chi connectivity index (χ0v) is 19.7. The van der Waals surface area contributed by atoms with Gasteiger partial charge in [-0.15, -0.1) is 0 Å². The second-order valence-electron chi connectivity index (χ2n) is 8.03. The predicted octanol–water partition coefficient (Wildman–Crippen LogP) is 5.33. The summed E-state index contributed by atoms with van der Waals surface area (Å²) in [5.74, 6) is 1.21. The second-order valence-corrected chi connectivity index (χ2v) is 9.07. The van der Waals surface area contributed by atoms with Crippen molar-refractivity contribution in [1.29, 1.82) is 5.41 Å². The summed E-state index contributed by atoms with van der Waals surface area (Å²) in [5.41, 5.74) is 1.96. The fourth-order valence-corrected chi connectivity index (χ4v) is 4.46. The molecule has 0 spiro atoms. The lowest BCUT2D eigenvalue weighted by Gasteiger charge is -2.20. The molecule has 0 aliphatic carbocycles. The summed E-state index contributed by atoms with van der Waals surface area (Å²) in [6.07, 6.45) is 2.43. The first kappa shape index (κ1) is 22.8. The van der Waals surface area contributed by atoms with E-state index in [0.29, 0.717) is 35.8 Å². The molecule has 1 N–H and O–H groups in total. The topological polar surface area (TPSA) is 87.3 Å². The number of carbonyl (C=O) groups excluding carboxylic acids is 1. The molecule has 0 aromatic heterocycles. The summed E-state index contributed by atoms with van der Waals surface area (Å²) in [6.45, 7) is 7.01. The lowest BCUT2D eigenvalue weighted by molar-refractivity contribution is -0.114. The Morgan fingerprint density at radius 3 is 2.64 bits per heavy atom. The third-order valence-corrected chi connectivity index (χ3v) is 5.83. The van der Waals surface area contributed by atoms with Crippen molar-refractivity contribution in [2.45, 2.75) is 33.8 Å². The first-order valence-corrected chi connectivity index (χ1v) is 11.7. The number of hydrogen-bond donors (Lipinski definition) is 1. The molecule has 2 aliphatic heterocycles. The van der Waals surface area contributed by atoms with E-state index < -0.39 is 5.91 Å². The molecule has 2 aromatic carbocycles. The van der Waals surface area contributed by atoms with E-state index in [1.165, 1.54) is 16.8 Å². The van der Waals surface area contributed by atoms with Gasteiger partial charge >= 0.3 is 0 Å². The maximum Gasteiger partial charge on any atom is 0.283 e.